The molecule has 37 heavy (non-hydrogen) atoms. The first-order valence-corrected chi connectivity index (χ1v) is 13.8. The number of nitrogens with one attached hydrogen (secondary N) is 1. The quantitative estimate of drug-likeness (QED) is 0.319. The van der Waals surface area contributed by atoms with Gasteiger partial charge in [-0.05, 0) is 55.2 Å². The van der Waals surface area contributed by atoms with Crippen molar-refractivity contribution in [3.8, 4) is 5.75 Å². The molecule has 0 heterocycles. The maximum Gasteiger partial charge on any atom is 0.261 e. The Hall–Kier alpha value is -3.12. The van der Waals surface area contributed by atoms with Crippen molar-refractivity contribution in [3.63, 3.8) is 0 Å². The van der Waals surface area contributed by atoms with Gasteiger partial charge < -0.3 is 15.0 Å². The molecule has 0 bridgehead atoms. The van der Waals surface area contributed by atoms with Crippen molar-refractivity contribution in [1.82, 2.24) is 10.2 Å². The lowest BCUT2D eigenvalue weighted by molar-refractivity contribution is -0.143. The van der Waals surface area contributed by atoms with E-state index in [-0.39, 0.29) is 24.5 Å². The minimum absolute atomic E-state index is 0.0974. The Morgan fingerprint density at radius 2 is 1.59 bits per heavy atom. The van der Waals surface area contributed by atoms with E-state index in [0.29, 0.717) is 18.7 Å². The first-order valence-electron chi connectivity index (χ1n) is 13.1. The van der Waals surface area contributed by atoms with Crippen molar-refractivity contribution >= 4 is 27.7 Å². The maximum atomic E-state index is 13.8. The SMILES string of the molecule is Cc1ccc(CN(C(=O)COc2ccc(Br)cc2)[C@H](Cc2ccccc2)C(=O)NC2CCCCC2)cc1. The summed E-state index contributed by atoms with van der Waals surface area (Å²) >= 11 is 3.42. The lowest BCUT2D eigenvalue weighted by Gasteiger charge is -2.33. The highest BCUT2D eigenvalue weighted by Crippen LogP contribution is 2.21. The Morgan fingerprint density at radius 3 is 2.27 bits per heavy atom. The van der Waals surface area contributed by atoms with Crippen LogP contribution in [0.1, 0.15) is 48.8 Å². The summed E-state index contributed by atoms with van der Waals surface area (Å²) in [6.45, 7) is 2.22. The number of carbonyl (C=O) groups is 2. The van der Waals surface area contributed by atoms with Gasteiger partial charge in [0.25, 0.3) is 5.91 Å². The van der Waals surface area contributed by atoms with Gasteiger partial charge in [0.05, 0.1) is 0 Å². The van der Waals surface area contributed by atoms with Gasteiger partial charge in [-0.3, -0.25) is 9.59 Å². The average Bonchev–Trinajstić information content (AvgIpc) is 2.92. The standard InChI is InChI=1S/C31H35BrN2O3/c1-23-12-14-25(15-13-23)21-34(30(35)22-37-28-18-16-26(32)17-19-28)29(20-24-8-4-2-5-9-24)31(36)33-27-10-6-3-7-11-27/h2,4-5,8-9,12-19,27,29H,3,6-7,10-11,20-22H2,1H3,(H,33,36)/t29-/m1/s1. The molecule has 4 rings (SSSR count). The summed E-state index contributed by atoms with van der Waals surface area (Å²) in [7, 11) is 0. The number of aryl methyl sites for hydroxylation is 1. The molecule has 0 saturated heterocycles. The summed E-state index contributed by atoms with van der Waals surface area (Å²) in [6, 6.07) is 24.9. The van der Waals surface area contributed by atoms with Gasteiger partial charge >= 0.3 is 0 Å². The second kappa shape index (κ2) is 13.4. The molecule has 1 N–H and O–H groups in total. The molecule has 2 amide bonds. The van der Waals surface area contributed by atoms with Crippen LogP contribution in [0.15, 0.2) is 83.3 Å². The number of ether oxygens (including phenoxy) is 1. The summed E-state index contributed by atoms with van der Waals surface area (Å²) in [5.41, 5.74) is 3.14. The molecule has 1 saturated carbocycles. The fraction of sp³-hybridized carbons (Fsp3) is 0.355. The predicted octanol–water partition coefficient (Wildman–Crippen LogP) is 6.23. The molecule has 0 radical (unpaired) electrons. The van der Waals surface area contributed by atoms with Crippen LogP contribution in [0.2, 0.25) is 0 Å². The van der Waals surface area contributed by atoms with E-state index in [2.05, 4.69) is 21.2 Å². The highest BCUT2D eigenvalue weighted by Gasteiger charge is 2.32. The van der Waals surface area contributed by atoms with Gasteiger partial charge in [0.1, 0.15) is 11.8 Å². The third-order valence-electron chi connectivity index (χ3n) is 6.87. The molecule has 0 unspecified atom stereocenters. The van der Waals surface area contributed by atoms with Crippen molar-refractivity contribution in [1.29, 1.82) is 0 Å². The smallest absolute Gasteiger partial charge is 0.261 e. The van der Waals surface area contributed by atoms with Gasteiger partial charge in [0.2, 0.25) is 5.91 Å². The Labute approximate surface area is 228 Å². The van der Waals surface area contributed by atoms with Crippen LogP contribution in [0.5, 0.6) is 5.75 Å². The second-order valence-corrected chi connectivity index (χ2v) is 10.7. The number of hydrogen-bond acceptors (Lipinski definition) is 3. The highest BCUT2D eigenvalue weighted by molar-refractivity contribution is 9.10. The number of hydrogen-bond donors (Lipinski definition) is 1. The van der Waals surface area contributed by atoms with Crippen molar-refractivity contribution in [3.05, 3.63) is 100 Å². The fourth-order valence-electron chi connectivity index (χ4n) is 4.75. The van der Waals surface area contributed by atoms with E-state index in [1.165, 1.54) is 6.42 Å². The van der Waals surface area contributed by atoms with Crippen LogP contribution in [0.4, 0.5) is 0 Å². The lowest BCUT2D eigenvalue weighted by atomic mass is 9.94. The molecule has 5 nitrogen and oxygen atoms in total. The zero-order chi connectivity index (χ0) is 26.0. The first kappa shape index (κ1) is 26.9. The third-order valence-corrected chi connectivity index (χ3v) is 7.40. The lowest BCUT2D eigenvalue weighted by Crippen LogP contribution is -2.53. The summed E-state index contributed by atoms with van der Waals surface area (Å²) in [5.74, 6) is 0.293. The second-order valence-electron chi connectivity index (χ2n) is 9.80. The minimum Gasteiger partial charge on any atom is -0.484 e. The van der Waals surface area contributed by atoms with E-state index in [1.54, 1.807) is 4.90 Å². The van der Waals surface area contributed by atoms with Crippen LogP contribution in [0.3, 0.4) is 0 Å². The summed E-state index contributed by atoms with van der Waals surface area (Å²) < 4.78 is 6.79. The molecule has 1 aliphatic rings. The van der Waals surface area contributed by atoms with Crippen LogP contribution < -0.4 is 10.1 Å². The molecule has 0 spiro atoms. The van der Waals surface area contributed by atoms with Gasteiger partial charge in [-0.1, -0.05) is 95.4 Å². The van der Waals surface area contributed by atoms with Gasteiger partial charge in [-0.25, -0.2) is 0 Å². The molecule has 6 heteroatoms. The molecular weight excluding hydrogens is 528 g/mol. The van der Waals surface area contributed by atoms with Crippen LogP contribution in [0, 0.1) is 6.92 Å². The van der Waals surface area contributed by atoms with E-state index in [9.17, 15) is 9.59 Å². The van der Waals surface area contributed by atoms with Gasteiger partial charge in [-0.2, -0.15) is 0 Å². The number of amides is 2. The molecule has 1 fully saturated rings. The van der Waals surface area contributed by atoms with Gasteiger partial charge in [0, 0.05) is 23.5 Å². The third kappa shape index (κ3) is 8.19. The topological polar surface area (TPSA) is 58.6 Å². The highest BCUT2D eigenvalue weighted by atomic mass is 79.9. The Morgan fingerprint density at radius 1 is 0.919 bits per heavy atom. The fourth-order valence-corrected chi connectivity index (χ4v) is 5.01. The molecule has 3 aromatic rings. The van der Waals surface area contributed by atoms with E-state index >= 15 is 0 Å². The van der Waals surface area contributed by atoms with Crippen LogP contribution in [-0.2, 0) is 22.6 Å². The number of nitrogens with zero attached hydrogens (tertiary/aromatic N) is 1. The zero-order valence-corrected chi connectivity index (χ0v) is 23.0. The van der Waals surface area contributed by atoms with Gasteiger partial charge in [-0.15, -0.1) is 0 Å². The van der Waals surface area contributed by atoms with Crippen LogP contribution >= 0.6 is 15.9 Å². The number of halogens is 1. The number of rotatable bonds is 10. The Bertz CT molecular complexity index is 1140. The molecule has 0 aromatic heterocycles. The zero-order valence-electron chi connectivity index (χ0n) is 21.4. The summed E-state index contributed by atoms with van der Waals surface area (Å²) in [5, 5.41) is 3.27. The number of benzene rings is 3. The van der Waals surface area contributed by atoms with Crippen molar-refractivity contribution < 1.29 is 14.3 Å². The van der Waals surface area contributed by atoms with Crippen LogP contribution in [0.25, 0.3) is 0 Å². The van der Waals surface area contributed by atoms with Crippen molar-refractivity contribution in [2.75, 3.05) is 6.61 Å². The molecule has 0 aliphatic heterocycles. The molecular formula is C31H35BrN2O3. The monoisotopic (exact) mass is 562 g/mol. The summed E-state index contributed by atoms with van der Waals surface area (Å²) in [4.78, 5) is 29.2. The maximum absolute atomic E-state index is 13.8. The van der Waals surface area contributed by atoms with E-state index in [1.807, 2.05) is 85.8 Å². The normalized spacial score (nSPS) is 14.5. The molecule has 3 aromatic carbocycles. The largest absolute Gasteiger partial charge is 0.484 e. The predicted molar refractivity (Wildman–Crippen MR) is 150 cm³/mol. The molecule has 194 valence electrons. The van der Waals surface area contributed by atoms with Crippen molar-refractivity contribution in [2.45, 2.75) is 64.1 Å². The van der Waals surface area contributed by atoms with E-state index in [4.69, 9.17) is 4.74 Å². The molecule has 1 aliphatic carbocycles. The Kier molecular flexibility index (Phi) is 9.78. The van der Waals surface area contributed by atoms with Gasteiger partial charge in [0.15, 0.2) is 6.61 Å². The number of carbonyl (C=O) groups excluding carboxylic acids is 2. The van der Waals surface area contributed by atoms with Crippen LogP contribution in [-0.4, -0.2) is 35.4 Å². The summed E-state index contributed by atoms with van der Waals surface area (Å²) in [6.07, 6.45) is 5.88. The first-order chi connectivity index (χ1) is 18.0. The minimum atomic E-state index is -0.647. The average molecular weight is 564 g/mol. The van der Waals surface area contributed by atoms with E-state index in [0.717, 1.165) is 46.8 Å². The molecule has 1 atom stereocenters. The van der Waals surface area contributed by atoms with Crippen molar-refractivity contribution in [2.24, 2.45) is 0 Å². The Balaban J connectivity index is 1.59. The van der Waals surface area contributed by atoms with E-state index < -0.39 is 6.04 Å².